The van der Waals surface area contributed by atoms with Gasteiger partial charge in [0.25, 0.3) is 5.91 Å². The van der Waals surface area contributed by atoms with Gasteiger partial charge in [-0.3, -0.25) is 4.79 Å². The summed E-state index contributed by atoms with van der Waals surface area (Å²) in [5.74, 6) is -2.24. The predicted molar refractivity (Wildman–Crippen MR) is 95.8 cm³/mol. The van der Waals surface area contributed by atoms with Crippen molar-refractivity contribution in [3.05, 3.63) is 82.1 Å². The summed E-state index contributed by atoms with van der Waals surface area (Å²) in [5.41, 5.74) is 0.624. The molecule has 0 saturated carbocycles. The Kier molecular flexibility index (Phi) is 4.77. The van der Waals surface area contributed by atoms with Gasteiger partial charge in [-0.2, -0.15) is 13.2 Å². The lowest BCUT2D eigenvalue weighted by Crippen LogP contribution is -2.43. The highest BCUT2D eigenvalue weighted by Gasteiger charge is 2.43. The lowest BCUT2D eigenvalue weighted by atomic mass is 10.0. The van der Waals surface area contributed by atoms with Crippen molar-refractivity contribution < 1.29 is 22.4 Å². The van der Waals surface area contributed by atoms with Crippen molar-refractivity contribution in [1.82, 2.24) is 19.7 Å². The van der Waals surface area contributed by atoms with Gasteiger partial charge in [0.1, 0.15) is 11.9 Å². The maximum atomic E-state index is 13.4. The molecule has 1 unspecified atom stereocenters. The summed E-state index contributed by atoms with van der Waals surface area (Å²) in [6.45, 7) is -0.161. The Morgan fingerprint density at radius 2 is 1.79 bits per heavy atom. The number of hydrogen-bond donors (Lipinski definition) is 0. The van der Waals surface area contributed by atoms with Crippen LogP contribution in [0.3, 0.4) is 0 Å². The molecule has 0 fully saturated rings. The van der Waals surface area contributed by atoms with Crippen molar-refractivity contribution >= 4 is 17.5 Å². The highest BCUT2D eigenvalue weighted by molar-refractivity contribution is 6.33. The lowest BCUT2D eigenvalue weighted by molar-refractivity contribution is -0.148. The number of amides is 1. The highest BCUT2D eigenvalue weighted by atomic mass is 35.5. The van der Waals surface area contributed by atoms with Crippen LogP contribution in [0.5, 0.6) is 0 Å². The molecule has 0 bridgehead atoms. The molecule has 0 saturated heterocycles. The van der Waals surface area contributed by atoms with Crippen LogP contribution >= 0.6 is 11.6 Å². The van der Waals surface area contributed by atoms with E-state index in [1.165, 1.54) is 11.0 Å². The molecular formula is C19H13ClF4N4O. The Bertz CT molecular complexity index is 1070. The van der Waals surface area contributed by atoms with Crippen molar-refractivity contribution in [2.24, 2.45) is 0 Å². The van der Waals surface area contributed by atoms with E-state index >= 15 is 0 Å². The number of rotatable bonds is 2. The number of nitrogens with zero attached hydrogens (tertiary/aromatic N) is 4. The predicted octanol–water partition coefficient (Wildman–Crippen LogP) is 4.33. The molecule has 2 aromatic carbocycles. The average Bonchev–Trinajstić information content (AvgIpc) is 3.12. The maximum absolute atomic E-state index is 13.4. The number of carbonyl (C=O) groups is 1. The fourth-order valence-corrected chi connectivity index (χ4v) is 3.67. The molecule has 4 rings (SSSR count). The van der Waals surface area contributed by atoms with E-state index in [0.717, 1.165) is 16.7 Å². The van der Waals surface area contributed by atoms with Crippen LogP contribution in [-0.4, -0.2) is 32.1 Å². The van der Waals surface area contributed by atoms with Crippen molar-refractivity contribution in [2.75, 3.05) is 6.54 Å². The van der Waals surface area contributed by atoms with Gasteiger partial charge >= 0.3 is 6.18 Å². The Morgan fingerprint density at radius 1 is 1.07 bits per heavy atom. The lowest BCUT2D eigenvalue weighted by Gasteiger charge is -2.36. The second kappa shape index (κ2) is 7.14. The first-order chi connectivity index (χ1) is 13.8. The van der Waals surface area contributed by atoms with Gasteiger partial charge in [0, 0.05) is 13.1 Å². The van der Waals surface area contributed by atoms with E-state index in [0.29, 0.717) is 5.56 Å². The second-order valence-corrected chi connectivity index (χ2v) is 6.87. The molecule has 2 heterocycles. The number of halogens is 5. The van der Waals surface area contributed by atoms with Gasteiger partial charge in [-0.05, 0) is 23.8 Å². The number of carbonyl (C=O) groups excluding carboxylic acids is 1. The zero-order valence-electron chi connectivity index (χ0n) is 14.7. The van der Waals surface area contributed by atoms with Gasteiger partial charge in [0.15, 0.2) is 5.82 Å². The smallest absolute Gasteiger partial charge is 0.322 e. The highest BCUT2D eigenvalue weighted by Crippen LogP contribution is 2.37. The molecule has 29 heavy (non-hydrogen) atoms. The summed E-state index contributed by atoms with van der Waals surface area (Å²) < 4.78 is 54.2. The summed E-state index contributed by atoms with van der Waals surface area (Å²) in [6, 6.07) is 11.0. The molecule has 1 aromatic heterocycles. The van der Waals surface area contributed by atoms with E-state index in [2.05, 4.69) is 10.2 Å². The average molecular weight is 425 g/mol. The summed E-state index contributed by atoms with van der Waals surface area (Å²) >= 11 is 6.03. The minimum Gasteiger partial charge on any atom is -0.322 e. The van der Waals surface area contributed by atoms with Crippen LogP contribution in [0.2, 0.25) is 5.02 Å². The van der Waals surface area contributed by atoms with E-state index in [1.807, 2.05) is 0 Å². The monoisotopic (exact) mass is 424 g/mol. The molecule has 0 radical (unpaired) electrons. The molecule has 1 aliphatic heterocycles. The van der Waals surface area contributed by atoms with Crippen LogP contribution in [0.1, 0.15) is 33.6 Å². The topological polar surface area (TPSA) is 51.0 Å². The molecule has 1 aliphatic rings. The van der Waals surface area contributed by atoms with Gasteiger partial charge in [0.2, 0.25) is 5.82 Å². The third-order valence-electron chi connectivity index (χ3n) is 4.69. The Labute approximate surface area is 167 Å². The number of alkyl halides is 3. The number of aromatic nitrogens is 3. The molecule has 5 nitrogen and oxygen atoms in total. The third-order valence-corrected chi connectivity index (χ3v) is 5.00. The SMILES string of the molecule is O=C(c1ccc(F)cc1Cl)N1CCn2c(nnc2C(F)(F)F)C1c1ccccc1. The first kappa shape index (κ1) is 19.4. The van der Waals surface area contributed by atoms with Crippen molar-refractivity contribution in [1.29, 1.82) is 0 Å². The molecule has 1 atom stereocenters. The van der Waals surface area contributed by atoms with E-state index in [4.69, 9.17) is 11.6 Å². The van der Waals surface area contributed by atoms with E-state index in [1.54, 1.807) is 30.3 Å². The zero-order valence-corrected chi connectivity index (χ0v) is 15.5. The van der Waals surface area contributed by atoms with Crippen LogP contribution in [0, 0.1) is 5.82 Å². The van der Waals surface area contributed by atoms with E-state index in [9.17, 15) is 22.4 Å². The van der Waals surface area contributed by atoms with E-state index in [-0.39, 0.29) is 29.5 Å². The standard InChI is InChI=1S/C19H13ClF4N4O/c20-14-10-12(21)6-7-13(14)17(29)27-8-9-28-16(25-26-18(28)19(22,23)24)15(27)11-4-2-1-3-5-11/h1-7,10,15H,8-9H2. The molecule has 0 aliphatic carbocycles. The molecule has 3 aromatic rings. The minimum absolute atomic E-state index is 0.00126. The number of benzene rings is 2. The van der Waals surface area contributed by atoms with Gasteiger partial charge in [0.05, 0.1) is 10.6 Å². The van der Waals surface area contributed by atoms with Crippen LogP contribution in [0.15, 0.2) is 48.5 Å². The third kappa shape index (κ3) is 3.46. The molecular weight excluding hydrogens is 412 g/mol. The normalized spacial score (nSPS) is 16.6. The van der Waals surface area contributed by atoms with Crippen molar-refractivity contribution in [3.8, 4) is 0 Å². The van der Waals surface area contributed by atoms with Gasteiger partial charge in [-0.1, -0.05) is 41.9 Å². The second-order valence-electron chi connectivity index (χ2n) is 6.47. The molecule has 0 spiro atoms. The van der Waals surface area contributed by atoms with Crippen LogP contribution in [0.25, 0.3) is 0 Å². The Balaban J connectivity index is 1.82. The molecule has 150 valence electrons. The number of fused-ring (bicyclic) bond motifs is 1. The van der Waals surface area contributed by atoms with Crippen LogP contribution < -0.4 is 0 Å². The molecule has 0 N–H and O–H groups in total. The van der Waals surface area contributed by atoms with Gasteiger partial charge < -0.3 is 9.47 Å². The fraction of sp³-hybridized carbons (Fsp3) is 0.211. The van der Waals surface area contributed by atoms with E-state index < -0.39 is 29.8 Å². The minimum atomic E-state index is -4.67. The molecule has 1 amide bonds. The summed E-state index contributed by atoms with van der Waals surface area (Å²) in [6.07, 6.45) is -4.67. The maximum Gasteiger partial charge on any atom is 0.451 e. The van der Waals surface area contributed by atoms with Gasteiger partial charge in [-0.25, -0.2) is 4.39 Å². The Hall–Kier alpha value is -2.94. The Morgan fingerprint density at radius 3 is 2.45 bits per heavy atom. The first-order valence-corrected chi connectivity index (χ1v) is 8.96. The van der Waals surface area contributed by atoms with Crippen molar-refractivity contribution in [2.45, 2.75) is 18.8 Å². The largest absolute Gasteiger partial charge is 0.451 e. The van der Waals surface area contributed by atoms with Crippen LogP contribution in [0.4, 0.5) is 17.6 Å². The molecule has 10 heteroatoms. The first-order valence-electron chi connectivity index (χ1n) is 8.58. The van der Waals surface area contributed by atoms with Gasteiger partial charge in [-0.15, -0.1) is 10.2 Å². The zero-order chi connectivity index (χ0) is 20.8. The van der Waals surface area contributed by atoms with Crippen molar-refractivity contribution in [3.63, 3.8) is 0 Å². The fourth-order valence-electron chi connectivity index (χ4n) is 3.42. The number of hydrogen-bond acceptors (Lipinski definition) is 3. The summed E-state index contributed by atoms with van der Waals surface area (Å²) in [5, 5.41) is 6.99. The van der Waals surface area contributed by atoms with Crippen LogP contribution in [-0.2, 0) is 12.7 Å². The summed E-state index contributed by atoms with van der Waals surface area (Å²) in [7, 11) is 0. The quantitative estimate of drug-likeness (QED) is 0.575. The summed E-state index contributed by atoms with van der Waals surface area (Å²) in [4.78, 5) is 14.5.